The second-order valence-corrected chi connectivity index (χ2v) is 9.07. The highest BCUT2D eigenvalue weighted by molar-refractivity contribution is 9.10. The molecule has 1 atom stereocenters. The highest BCUT2D eigenvalue weighted by atomic mass is 79.9. The maximum atomic E-state index is 13.3. The van der Waals surface area contributed by atoms with Gasteiger partial charge in [0.2, 0.25) is 0 Å². The highest BCUT2D eigenvalue weighted by Gasteiger charge is 2.48. The number of sulfone groups is 1. The van der Waals surface area contributed by atoms with E-state index in [-0.39, 0.29) is 17.2 Å². The fourth-order valence-electron chi connectivity index (χ4n) is 3.34. The third kappa shape index (κ3) is 2.65. The molecule has 20 heavy (non-hydrogen) atoms. The first-order valence-electron chi connectivity index (χ1n) is 6.75. The first kappa shape index (κ1) is 14.5. The quantitative estimate of drug-likeness (QED) is 0.897. The molecule has 0 radical (unpaired) electrons. The second-order valence-electron chi connectivity index (χ2n) is 5.99. The lowest BCUT2D eigenvalue weighted by molar-refractivity contribution is 0.0924. The van der Waals surface area contributed by atoms with Crippen LogP contribution in [0.4, 0.5) is 4.39 Å². The summed E-state index contributed by atoms with van der Waals surface area (Å²) in [5.74, 6) is 0.569. The number of halogens is 2. The number of rotatable bonds is 3. The van der Waals surface area contributed by atoms with Crippen molar-refractivity contribution in [2.75, 3.05) is 24.6 Å². The zero-order chi connectivity index (χ0) is 14.4. The minimum absolute atomic E-state index is 0.0147. The highest BCUT2D eigenvalue weighted by Crippen LogP contribution is 2.42. The zero-order valence-electron chi connectivity index (χ0n) is 11.0. The molecule has 2 aliphatic rings. The van der Waals surface area contributed by atoms with Crippen molar-refractivity contribution in [3.63, 3.8) is 0 Å². The van der Waals surface area contributed by atoms with Crippen molar-refractivity contribution in [3.8, 4) is 0 Å². The van der Waals surface area contributed by atoms with Gasteiger partial charge in [-0.25, -0.2) is 12.8 Å². The van der Waals surface area contributed by atoms with E-state index in [4.69, 9.17) is 0 Å². The van der Waals surface area contributed by atoms with Crippen LogP contribution in [0, 0.1) is 17.2 Å². The normalized spacial score (nSPS) is 27.2. The maximum Gasteiger partial charge on any atom is 0.150 e. The summed E-state index contributed by atoms with van der Waals surface area (Å²) in [7, 11) is -2.86. The number of nitrogens with one attached hydrogen (secondary N) is 1. The predicted molar refractivity (Wildman–Crippen MR) is 79.9 cm³/mol. The Morgan fingerprint density at radius 1 is 1.40 bits per heavy atom. The van der Waals surface area contributed by atoms with Crippen LogP contribution >= 0.6 is 15.9 Å². The minimum Gasteiger partial charge on any atom is -0.315 e. The van der Waals surface area contributed by atoms with Gasteiger partial charge in [-0.3, -0.25) is 0 Å². The molecule has 0 amide bonds. The lowest BCUT2D eigenvalue weighted by Crippen LogP contribution is -2.59. The van der Waals surface area contributed by atoms with E-state index in [9.17, 15) is 12.8 Å². The number of hydrogen-bond acceptors (Lipinski definition) is 3. The summed E-state index contributed by atoms with van der Waals surface area (Å²) in [5, 5.41) is 3.27. The van der Waals surface area contributed by atoms with Crippen LogP contribution in [0.25, 0.3) is 0 Å². The summed E-state index contributed by atoms with van der Waals surface area (Å²) >= 11 is 3.21. The third-order valence-corrected chi connectivity index (χ3v) is 6.97. The van der Waals surface area contributed by atoms with E-state index in [2.05, 4.69) is 21.2 Å². The van der Waals surface area contributed by atoms with E-state index in [1.165, 1.54) is 6.07 Å². The Balaban J connectivity index is 1.81. The summed E-state index contributed by atoms with van der Waals surface area (Å²) in [6.07, 6.45) is 1.56. The molecule has 0 aliphatic carbocycles. The molecule has 2 saturated heterocycles. The van der Waals surface area contributed by atoms with Gasteiger partial charge in [0.05, 0.1) is 16.0 Å². The van der Waals surface area contributed by atoms with Gasteiger partial charge in [-0.1, -0.05) is 6.07 Å². The van der Waals surface area contributed by atoms with Gasteiger partial charge in [-0.2, -0.15) is 0 Å². The molecular weight excluding hydrogens is 345 g/mol. The van der Waals surface area contributed by atoms with Crippen molar-refractivity contribution >= 4 is 25.8 Å². The van der Waals surface area contributed by atoms with E-state index in [1.54, 1.807) is 12.1 Å². The molecule has 0 saturated carbocycles. The van der Waals surface area contributed by atoms with Crippen LogP contribution in [0.1, 0.15) is 12.0 Å². The van der Waals surface area contributed by atoms with Crippen LogP contribution in [0.5, 0.6) is 0 Å². The fourth-order valence-corrected chi connectivity index (χ4v) is 5.71. The van der Waals surface area contributed by atoms with E-state index in [1.807, 2.05) is 0 Å². The van der Waals surface area contributed by atoms with Gasteiger partial charge in [0.25, 0.3) is 0 Å². The van der Waals surface area contributed by atoms with Gasteiger partial charge in [0.1, 0.15) is 5.82 Å². The molecule has 6 heteroatoms. The van der Waals surface area contributed by atoms with Gasteiger partial charge in [0, 0.05) is 18.5 Å². The van der Waals surface area contributed by atoms with Gasteiger partial charge in [-0.15, -0.1) is 0 Å². The molecule has 0 aromatic heterocycles. The van der Waals surface area contributed by atoms with Crippen molar-refractivity contribution in [2.24, 2.45) is 11.3 Å². The first-order valence-corrected chi connectivity index (χ1v) is 9.37. The lowest BCUT2D eigenvalue weighted by atomic mass is 9.67. The Kier molecular flexibility index (Phi) is 3.67. The average Bonchev–Trinajstić information content (AvgIpc) is 2.69. The van der Waals surface area contributed by atoms with Crippen molar-refractivity contribution in [3.05, 3.63) is 34.1 Å². The SMILES string of the molecule is O=S1(=O)CCC(C2(Cc3ccc(F)c(Br)c3)CNC2)C1. The number of benzene rings is 1. The van der Waals surface area contributed by atoms with Crippen molar-refractivity contribution in [1.82, 2.24) is 5.32 Å². The molecule has 2 fully saturated rings. The second kappa shape index (κ2) is 5.07. The Labute approximate surface area is 127 Å². The molecular formula is C14H17BrFNO2S. The van der Waals surface area contributed by atoms with Crippen LogP contribution < -0.4 is 5.32 Å². The van der Waals surface area contributed by atoms with E-state index in [0.717, 1.165) is 31.5 Å². The smallest absolute Gasteiger partial charge is 0.150 e. The standard InChI is InChI=1S/C14H17BrFNO2S/c15-12-5-10(1-2-13(12)16)6-14(8-17-9-14)11-3-4-20(18,19)7-11/h1-2,5,11,17H,3-4,6-9H2. The van der Waals surface area contributed by atoms with Crippen molar-refractivity contribution in [2.45, 2.75) is 12.8 Å². The van der Waals surface area contributed by atoms with Crippen LogP contribution in [0.15, 0.2) is 22.7 Å². The monoisotopic (exact) mass is 361 g/mol. The Hall–Kier alpha value is -0.460. The Morgan fingerprint density at radius 2 is 2.15 bits per heavy atom. The molecule has 110 valence electrons. The summed E-state index contributed by atoms with van der Waals surface area (Å²) < 4.78 is 37.2. The van der Waals surface area contributed by atoms with Crippen molar-refractivity contribution in [1.29, 1.82) is 0 Å². The topological polar surface area (TPSA) is 46.2 Å². The Bertz CT molecular complexity index is 628. The molecule has 1 unspecified atom stereocenters. The lowest BCUT2D eigenvalue weighted by Gasteiger charge is -2.47. The van der Waals surface area contributed by atoms with Crippen LogP contribution in [-0.4, -0.2) is 33.0 Å². The molecule has 2 aliphatic heterocycles. The van der Waals surface area contributed by atoms with Crippen molar-refractivity contribution < 1.29 is 12.8 Å². The summed E-state index contributed by atoms with van der Waals surface area (Å²) in [6.45, 7) is 1.70. The molecule has 3 nitrogen and oxygen atoms in total. The predicted octanol–water partition coefficient (Wildman–Crippen LogP) is 2.16. The van der Waals surface area contributed by atoms with Crippen LogP contribution in [-0.2, 0) is 16.3 Å². The fraction of sp³-hybridized carbons (Fsp3) is 0.571. The molecule has 0 spiro atoms. The van der Waals surface area contributed by atoms with Gasteiger partial charge < -0.3 is 5.32 Å². The largest absolute Gasteiger partial charge is 0.315 e. The average molecular weight is 362 g/mol. The van der Waals surface area contributed by atoms with E-state index in [0.29, 0.717) is 16.0 Å². The molecule has 1 aromatic carbocycles. The molecule has 1 N–H and O–H groups in total. The number of hydrogen-bond donors (Lipinski definition) is 1. The molecule has 3 rings (SSSR count). The Morgan fingerprint density at radius 3 is 2.65 bits per heavy atom. The maximum absolute atomic E-state index is 13.3. The van der Waals surface area contributed by atoms with Gasteiger partial charge in [-0.05, 0) is 52.4 Å². The summed E-state index contributed by atoms with van der Waals surface area (Å²) in [6, 6.07) is 5.06. The third-order valence-electron chi connectivity index (χ3n) is 4.59. The summed E-state index contributed by atoms with van der Waals surface area (Å²) in [5.41, 5.74) is 1.07. The van der Waals surface area contributed by atoms with Crippen LogP contribution in [0.2, 0.25) is 0 Å². The molecule has 1 aromatic rings. The van der Waals surface area contributed by atoms with E-state index >= 15 is 0 Å². The first-order chi connectivity index (χ1) is 9.40. The zero-order valence-corrected chi connectivity index (χ0v) is 13.4. The van der Waals surface area contributed by atoms with E-state index < -0.39 is 9.84 Å². The summed E-state index contributed by atoms with van der Waals surface area (Å²) in [4.78, 5) is 0. The van der Waals surface area contributed by atoms with Crippen LogP contribution in [0.3, 0.4) is 0 Å². The molecule has 0 bridgehead atoms. The molecule has 2 heterocycles. The van der Waals surface area contributed by atoms with Gasteiger partial charge >= 0.3 is 0 Å². The minimum atomic E-state index is -2.86. The van der Waals surface area contributed by atoms with Gasteiger partial charge in [0.15, 0.2) is 9.84 Å².